The molecule has 0 N–H and O–H groups in total. The summed E-state index contributed by atoms with van der Waals surface area (Å²) in [6.07, 6.45) is -1.78. The van der Waals surface area contributed by atoms with Crippen molar-refractivity contribution in [3.8, 4) is 6.07 Å². The quantitative estimate of drug-likeness (QED) is 0.761. The van der Waals surface area contributed by atoms with Gasteiger partial charge in [0.05, 0.1) is 17.0 Å². The van der Waals surface area contributed by atoms with Crippen molar-refractivity contribution in [3.63, 3.8) is 0 Å². The molecule has 0 bridgehead atoms. The number of hydrogen-bond donors (Lipinski definition) is 0. The van der Waals surface area contributed by atoms with Gasteiger partial charge in [0, 0.05) is 0 Å². The normalized spacial score (nSPS) is 19.7. The SMILES string of the molecule is CC(c1cccc(C(F)(F)F)c1)C1(C#N)CCC1. The third kappa shape index (κ3) is 2.10. The van der Waals surface area contributed by atoms with Crippen molar-refractivity contribution in [2.75, 3.05) is 0 Å². The number of hydrogen-bond acceptors (Lipinski definition) is 1. The fourth-order valence-electron chi connectivity index (χ4n) is 2.50. The second kappa shape index (κ2) is 4.31. The molecule has 0 saturated heterocycles. The van der Waals surface area contributed by atoms with Crippen molar-refractivity contribution in [3.05, 3.63) is 35.4 Å². The summed E-state index contributed by atoms with van der Waals surface area (Å²) in [4.78, 5) is 0. The van der Waals surface area contributed by atoms with Gasteiger partial charge in [-0.2, -0.15) is 18.4 Å². The second-order valence-electron chi connectivity index (χ2n) is 4.97. The molecule has 1 aliphatic carbocycles. The van der Waals surface area contributed by atoms with Crippen LogP contribution in [-0.2, 0) is 6.18 Å². The first-order valence-corrected chi connectivity index (χ1v) is 5.97. The highest BCUT2D eigenvalue weighted by Gasteiger charge is 2.43. The first-order valence-electron chi connectivity index (χ1n) is 5.97. The van der Waals surface area contributed by atoms with Gasteiger partial charge >= 0.3 is 6.18 Å². The summed E-state index contributed by atoms with van der Waals surface area (Å²) in [5, 5.41) is 9.23. The Kier molecular flexibility index (Phi) is 3.10. The number of halogens is 3. The Morgan fingerprint density at radius 3 is 2.44 bits per heavy atom. The van der Waals surface area contributed by atoms with Crippen LogP contribution in [0, 0.1) is 16.7 Å². The van der Waals surface area contributed by atoms with E-state index >= 15 is 0 Å². The Morgan fingerprint density at radius 2 is 2.00 bits per heavy atom. The van der Waals surface area contributed by atoms with Gasteiger partial charge in [0.1, 0.15) is 0 Å². The molecule has 0 aliphatic heterocycles. The van der Waals surface area contributed by atoms with Crippen LogP contribution in [0.25, 0.3) is 0 Å². The third-order valence-corrected chi connectivity index (χ3v) is 4.01. The number of rotatable bonds is 2. The summed E-state index contributed by atoms with van der Waals surface area (Å²) < 4.78 is 37.9. The number of benzene rings is 1. The van der Waals surface area contributed by atoms with E-state index in [1.54, 1.807) is 6.07 Å². The second-order valence-corrected chi connectivity index (χ2v) is 4.97. The van der Waals surface area contributed by atoms with Crippen LogP contribution in [0.1, 0.15) is 43.2 Å². The summed E-state index contributed by atoms with van der Waals surface area (Å²) >= 11 is 0. The van der Waals surface area contributed by atoms with E-state index in [-0.39, 0.29) is 5.92 Å². The minimum atomic E-state index is -4.32. The molecule has 1 fully saturated rings. The van der Waals surface area contributed by atoms with Crippen LogP contribution in [0.5, 0.6) is 0 Å². The molecule has 2 rings (SSSR count). The first kappa shape index (κ1) is 12.9. The molecule has 4 heteroatoms. The van der Waals surface area contributed by atoms with E-state index < -0.39 is 17.2 Å². The summed E-state index contributed by atoms with van der Waals surface area (Å²) in [6.45, 7) is 1.85. The van der Waals surface area contributed by atoms with Crippen LogP contribution < -0.4 is 0 Å². The van der Waals surface area contributed by atoms with E-state index in [1.165, 1.54) is 12.1 Å². The lowest BCUT2D eigenvalue weighted by Gasteiger charge is -2.40. The van der Waals surface area contributed by atoms with Gasteiger partial charge < -0.3 is 0 Å². The molecule has 0 radical (unpaired) electrons. The Bertz CT molecular complexity index is 481. The third-order valence-electron chi connectivity index (χ3n) is 4.01. The minimum absolute atomic E-state index is 0.154. The summed E-state index contributed by atoms with van der Waals surface area (Å²) in [5.41, 5.74) is -0.505. The van der Waals surface area contributed by atoms with Crippen LogP contribution in [0.4, 0.5) is 13.2 Å². The molecule has 1 aromatic rings. The predicted octanol–water partition coefficient (Wildman–Crippen LogP) is 4.50. The lowest BCUT2D eigenvalue weighted by Crippen LogP contribution is -2.33. The van der Waals surface area contributed by atoms with Gasteiger partial charge in [-0.1, -0.05) is 31.5 Å². The summed E-state index contributed by atoms with van der Waals surface area (Å²) in [5.74, 6) is -0.154. The smallest absolute Gasteiger partial charge is 0.198 e. The molecule has 1 atom stereocenters. The van der Waals surface area contributed by atoms with Crippen molar-refractivity contribution in [2.24, 2.45) is 5.41 Å². The van der Waals surface area contributed by atoms with Gasteiger partial charge in [0.2, 0.25) is 0 Å². The van der Waals surface area contributed by atoms with E-state index in [2.05, 4.69) is 6.07 Å². The number of nitrogens with zero attached hydrogens (tertiary/aromatic N) is 1. The van der Waals surface area contributed by atoms with Crippen molar-refractivity contribution >= 4 is 0 Å². The van der Waals surface area contributed by atoms with Gasteiger partial charge in [0.25, 0.3) is 0 Å². The van der Waals surface area contributed by atoms with Crippen LogP contribution in [0.15, 0.2) is 24.3 Å². The maximum Gasteiger partial charge on any atom is 0.416 e. The van der Waals surface area contributed by atoms with Crippen LogP contribution >= 0.6 is 0 Å². The largest absolute Gasteiger partial charge is 0.416 e. The van der Waals surface area contributed by atoms with Gasteiger partial charge in [-0.25, -0.2) is 0 Å². The monoisotopic (exact) mass is 253 g/mol. The van der Waals surface area contributed by atoms with Crippen LogP contribution in [0.2, 0.25) is 0 Å². The fourth-order valence-corrected chi connectivity index (χ4v) is 2.50. The van der Waals surface area contributed by atoms with Gasteiger partial charge in [0.15, 0.2) is 0 Å². The standard InChI is InChI=1S/C14H14F3N/c1-10(13(9-18)6-3-7-13)11-4-2-5-12(8-11)14(15,16)17/h2,4-5,8,10H,3,6-7H2,1H3. The van der Waals surface area contributed by atoms with Gasteiger partial charge in [-0.05, 0) is 30.4 Å². The maximum absolute atomic E-state index is 12.6. The van der Waals surface area contributed by atoms with Gasteiger partial charge in [-0.15, -0.1) is 0 Å². The predicted molar refractivity (Wildman–Crippen MR) is 61.8 cm³/mol. The molecule has 0 amide bonds. The highest BCUT2D eigenvalue weighted by atomic mass is 19.4. The number of nitriles is 1. The van der Waals surface area contributed by atoms with Crippen molar-refractivity contribution in [1.82, 2.24) is 0 Å². The van der Waals surface area contributed by atoms with E-state index in [9.17, 15) is 18.4 Å². The van der Waals surface area contributed by atoms with Crippen molar-refractivity contribution < 1.29 is 13.2 Å². The zero-order chi connectivity index (χ0) is 13.4. The van der Waals surface area contributed by atoms with E-state index in [0.717, 1.165) is 25.3 Å². The van der Waals surface area contributed by atoms with Crippen LogP contribution in [-0.4, -0.2) is 0 Å². The van der Waals surface area contributed by atoms with E-state index in [4.69, 9.17) is 0 Å². The molecular weight excluding hydrogens is 239 g/mol. The molecule has 18 heavy (non-hydrogen) atoms. The molecule has 1 aromatic carbocycles. The molecule has 0 spiro atoms. The average Bonchev–Trinajstić information content (AvgIpc) is 2.27. The molecule has 0 aromatic heterocycles. The highest BCUT2D eigenvalue weighted by Crippen LogP contribution is 2.51. The summed E-state index contributed by atoms with van der Waals surface area (Å²) in [6, 6.07) is 7.62. The lowest BCUT2D eigenvalue weighted by atomic mass is 9.61. The van der Waals surface area contributed by atoms with Crippen LogP contribution in [0.3, 0.4) is 0 Å². The molecule has 96 valence electrons. The fraction of sp³-hybridized carbons (Fsp3) is 0.500. The Morgan fingerprint density at radius 1 is 1.33 bits per heavy atom. The summed E-state index contributed by atoms with van der Waals surface area (Å²) in [7, 11) is 0. The zero-order valence-electron chi connectivity index (χ0n) is 10.1. The van der Waals surface area contributed by atoms with Crippen molar-refractivity contribution in [2.45, 2.75) is 38.3 Å². The van der Waals surface area contributed by atoms with E-state index in [0.29, 0.717) is 5.56 Å². The molecular formula is C14H14F3N. The lowest BCUT2D eigenvalue weighted by molar-refractivity contribution is -0.137. The molecule has 1 unspecified atom stereocenters. The molecule has 1 nitrogen and oxygen atoms in total. The molecule has 1 saturated carbocycles. The topological polar surface area (TPSA) is 23.8 Å². The minimum Gasteiger partial charge on any atom is -0.198 e. The van der Waals surface area contributed by atoms with E-state index in [1.807, 2.05) is 6.92 Å². The zero-order valence-corrected chi connectivity index (χ0v) is 10.1. The Labute approximate surface area is 104 Å². The van der Waals surface area contributed by atoms with Gasteiger partial charge in [-0.3, -0.25) is 0 Å². The Hall–Kier alpha value is -1.50. The maximum atomic E-state index is 12.6. The first-order chi connectivity index (χ1) is 8.39. The van der Waals surface area contributed by atoms with Crippen molar-refractivity contribution in [1.29, 1.82) is 5.26 Å². The number of alkyl halides is 3. The molecule has 1 aliphatic rings. The average molecular weight is 253 g/mol. The molecule has 0 heterocycles. The Balaban J connectivity index is 2.32. The highest BCUT2D eigenvalue weighted by molar-refractivity contribution is 5.31.